The summed E-state index contributed by atoms with van der Waals surface area (Å²) in [6.07, 6.45) is 1.99. The Bertz CT molecular complexity index is 934. The summed E-state index contributed by atoms with van der Waals surface area (Å²) in [5.41, 5.74) is 4.30. The standard InChI is InChI=1S/C16H10Cl2N2/c17-10-1-3-14-9(5-10)6-16(20-14)13-8-19-15-4-2-11(18)7-12(13)15/h1-8,19-20H. The Morgan fingerprint density at radius 3 is 2.40 bits per heavy atom. The van der Waals surface area contributed by atoms with E-state index in [1.54, 1.807) is 0 Å². The van der Waals surface area contributed by atoms with Gasteiger partial charge in [0.2, 0.25) is 0 Å². The van der Waals surface area contributed by atoms with Gasteiger partial charge in [0.15, 0.2) is 0 Å². The SMILES string of the molecule is Clc1ccc2[nH]c(-c3c[nH]c4ccc(Cl)cc34)cc2c1. The molecule has 4 aromatic rings. The van der Waals surface area contributed by atoms with E-state index >= 15 is 0 Å². The number of H-pyrrole nitrogens is 2. The molecule has 98 valence electrons. The Labute approximate surface area is 125 Å². The molecule has 0 atom stereocenters. The van der Waals surface area contributed by atoms with Gasteiger partial charge in [-0.15, -0.1) is 0 Å². The first-order valence-corrected chi connectivity index (χ1v) is 7.01. The average Bonchev–Trinajstić information content (AvgIpc) is 3.00. The molecule has 2 aromatic heterocycles. The highest BCUT2D eigenvalue weighted by atomic mass is 35.5. The van der Waals surface area contributed by atoms with Gasteiger partial charge in [0, 0.05) is 49.3 Å². The minimum absolute atomic E-state index is 0.734. The van der Waals surface area contributed by atoms with Crippen LogP contribution in [0.2, 0.25) is 10.0 Å². The van der Waals surface area contributed by atoms with Gasteiger partial charge in [-0.05, 0) is 42.5 Å². The lowest BCUT2D eigenvalue weighted by atomic mass is 10.1. The van der Waals surface area contributed by atoms with Gasteiger partial charge in [0.05, 0.1) is 0 Å². The Morgan fingerprint density at radius 1 is 0.800 bits per heavy atom. The van der Waals surface area contributed by atoms with E-state index < -0.39 is 0 Å². The molecule has 0 fully saturated rings. The number of rotatable bonds is 1. The lowest BCUT2D eigenvalue weighted by Gasteiger charge is -1.96. The number of hydrogen-bond acceptors (Lipinski definition) is 0. The molecule has 0 saturated carbocycles. The van der Waals surface area contributed by atoms with Gasteiger partial charge in [0.25, 0.3) is 0 Å². The molecule has 0 unspecified atom stereocenters. The van der Waals surface area contributed by atoms with E-state index in [4.69, 9.17) is 23.2 Å². The van der Waals surface area contributed by atoms with Crippen LogP contribution in [0.4, 0.5) is 0 Å². The van der Waals surface area contributed by atoms with E-state index in [2.05, 4.69) is 16.0 Å². The van der Waals surface area contributed by atoms with Crippen molar-refractivity contribution in [3.05, 3.63) is 58.7 Å². The summed E-state index contributed by atoms with van der Waals surface area (Å²) in [7, 11) is 0. The fraction of sp³-hybridized carbons (Fsp3) is 0. The van der Waals surface area contributed by atoms with E-state index in [1.165, 1.54) is 0 Å². The Kier molecular flexibility index (Phi) is 2.56. The van der Waals surface area contributed by atoms with Crippen molar-refractivity contribution in [2.24, 2.45) is 0 Å². The fourth-order valence-corrected chi connectivity index (χ4v) is 2.92. The number of halogens is 2. The monoisotopic (exact) mass is 300 g/mol. The zero-order chi connectivity index (χ0) is 13.7. The van der Waals surface area contributed by atoms with E-state index in [9.17, 15) is 0 Å². The molecular weight excluding hydrogens is 291 g/mol. The highest BCUT2D eigenvalue weighted by Crippen LogP contribution is 2.32. The second-order valence-electron chi connectivity index (χ2n) is 4.81. The molecule has 0 aliphatic carbocycles. The predicted molar refractivity (Wildman–Crippen MR) is 85.6 cm³/mol. The first-order valence-electron chi connectivity index (χ1n) is 6.26. The number of fused-ring (bicyclic) bond motifs is 2. The molecule has 2 aromatic carbocycles. The van der Waals surface area contributed by atoms with Crippen LogP contribution in [-0.4, -0.2) is 9.97 Å². The summed E-state index contributed by atoms with van der Waals surface area (Å²) in [6.45, 7) is 0. The van der Waals surface area contributed by atoms with Crippen molar-refractivity contribution in [3.8, 4) is 11.3 Å². The Hall–Kier alpha value is -1.90. The van der Waals surface area contributed by atoms with Crippen molar-refractivity contribution in [1.29, 1.82) is 0 Å². The normalized spacial score (nSPS) is 11.5. The molecule has 0 spiro atoms. The zero-order valence-corrected chi connectivity index (χ0v) is 11.9. The lowest BCUT2D eigenvalue weighted by molar-refractivity contribution is 1.43. The first-order chi connectivity index (χ1) is 9.70. The third-order valence-corrected chi connectivity index (χ3v) is 3.99. The molecule has 4 rings (SSSR count). The maximum absolute atomic E-state index is 6.09. The molecule has 2 heterocycles. The molecule has 0 amide bonds. The highest BCUT2D eigenvalue weighted by Gasteiger charge is 2.09. The smallest absolute Gasteiger partial charge is 0.0486 e. The van der Waals surface area contributed by atoms with Crippen LogP contribution in [0.25, 0.3) is 33.1 Å². The second kappa shape index (κ2) is 4.30. The molecule has 0 radical (unpaired) electrons. The Morgan fingerprint density at radius 2 is 1.55 bits per heavy atom. The van der Waals surface area contributed by atoms with E-state index in [0.717, 1.165) is 43.1 Å². The van der Waals surface area contributed by atoms with Gasteiger partial charge < -0.3 is 9.97 Å². The molecule has 4 heteroatoms. The van der Waals surface area contributed by atoms with Crippen molar-refractivity contribution < 1.29 is 0 Å². The third-order valence-electron chi connectivity index (χ3n) is 3.52. The fourth-order valence-electron chi connectivity index (χ4n) is 2.56. The van der Waals surface area contributed by atoms with Crippen molar-refractivity contribution in [2.45, 2.75) is 0 Å². The summed E-state index contributed by atoms with van der Waals surface area (Å²) in [4.78, 5) is 6.68. The van der Waals surface area contributed by atoms with Gasteiger partial charge >= 0.3 is 0 Å². The summed E-state index contributed by atoms with van der Waals surface area (Å²) in [5, 5.41) is 3.68. The van der Waals surface area contributed by atoms with Crippen LogP contribution in [0.1, 0.15) is 0 Å². The van der Waals surface area contributed by atoms with Crippen LogP contribution in [0.3, 0.4) is 0 Å². The average molecular weight is 301 g/mol. The maximum atomic E-state index is 6.09. The molecule has 20 heavy (non-hydrogen) atoms. The van der Waals surface area contributed by atoms with Crippen molar-refractivity contribution in [1.82, 2.24) is 9.97 Å². The van der Waals surface area contributed by atoms with Gasteiger partial charge in [-0.3, -0.25) is 0 Å². The van der Waals surface area contributed by atoms with Gasteiger partial charge in [-0.2, -0.15) is 0 Å². The van der Waals surface area contributed by atoms with Crippen LogP contribution < -0.4 is 0 Å². The Balaban J connectivity index is 1.98. The van der Waals surface area contributed by atoms with Crippen LogP contribution >= 0.6 is 23.2 Å². The minimum atomic E-state index is 0.734. The molecule has 2 nitrogen and oxygen atoms in total. The number of hydrogen-bond donors (Lipinski definition) is 2. The summed E-state index contributed by atoms with van der Waals surface area (Å²) in [6, 6.07) is 13.8. The molecule has 0 aliphatic rings. The summed E-state index contributed by atoms with van der Waals surface area (Å²) < 4.78 is 0. The maximum Gasteiger partial charge on any atom is 0.0486 e. The quantitative estimate of drug-likeness (QED) is 0.457. The topological polar surface area (TPSA) is 31.6 Å². The molecule has 0 saturated heterocycles. The largest absolute Gasteiger partial charge is 0.360 e. The van der Waals surface area contributed by atoms with Crippen molar-refractivity contribution in [3.63, 3.8) is 0 Å². The van der Waals surface area contributed by atoms with Crippen LogP contribution in [0.5, 0.6) is 0 Å². The number of aromatic amines is 2. The van der Waals surface area contributed by atoms with E-state index in [1.807, 2.05) is 42.6 Å². The van der Waals surface area contributed by atoms with Crippen molar-refractivity contribution in [2.75, 3.05) is 0 Å². The van der Waals surface area contributed by atoms with Crippen LogP contribution in [0.15, 0.2) is 48.7 Å². The highest BCUT2D eigenvalue weighted by molar-refractivity contribution is 6.31. The molecule has 0 bridgehead atoms. The van der Waals surface area contributed by atoms with Crippen molar-refractivity contribution >= 4 is 45.0 Å². The van der Waals surface area contributed by atoms with Gasteiger partial charge in [0.1, 0.15) is 0 Å². The van der Waals surface area contributed by atoms with E-state index in [0.29, 0.717) is 0 Å². The third kappa shape index (κ3) is 1.80. The predicted octanol–water partition coefficient (Wildman–Crippen LogP) is 5.62. The summed E-state index contributed by atoms with van der Waals surface area (Å²) >= 11 is 12.1. The molecule has 2 N–H and O–H groups in total. The summed E-state index contributed by atoms with van der Waals surface area (Å²) in [5.74, 6) is 0. The lowest BCUT2D eigenvalue weighted by Crippen LogP contribution is -1.74. The van der Waals surface area contributed by atoms with E-state index in [-0.39, 0.29) is 0 Å². The van der Waals surface area contributed by atoms with Crippen LogP contribution in [-0.2, 0) is 0 Å². The first kappa shape index (κ1) is 11.9. The molecular formula is C16H10Cl2N2. The number of benzene rings is 2. The van der Waals surface area contributed by atoms with Crippen LogP contribution in [0, 0.1) is 0 Å². The second-order valence-corrected chi connectivity index (χ2v) is 5.68. The zero-order valence-electron chi connectivity index (χ0n) is 10.4. The number of aromatic nitrogens is 2. The van der Waals surface area contributed by atoms with Gasteiger partial charge in [-0.1, -0.05) is 23.2 Å². The minimum Gasteiger partial charge on any atom is -0.360 e. The molecule has 0 aliphatic heterocycles. The van der Waals surface area contributed by atoms with Gasteiger partial charge in [-0.25, -0.2) is 0 Å². The number of nitrogens with one attached hydrogen (secondary N) is 2.